The molecule has 0 bridgehead atoms. The summed E-state index contributed by atoms with van der Waals surface area (Å²) in [5.74, 6) is -0.518. The number of hydrogen-bond acceptors (Lipinski definition) is 3. The van der Waals surface area contributed by atoms with Crippen molar-refractivity contribution in [1.82, 2.24) is 5.32 Å². The Labute approximate surface area is 154 Å². The Kier molecular flexibility index (Phi) is 5.06. The van der Waals surface area contributed by atoms with Crippen LogP contribution in [0.1, 0.15) is 34.6 Å². The molecular formula is C19H17ClN2O2S. The summed E-state index contributed by atoms with van der Waals surface area (Å²) in [5, 5.41) is 8.81. The first kappa shape index (κ1) is 17.5. The van der Waals surface area contributed by atoms with E-state index in [0.29, 0.717) is 21.8 Å². The van der Waals surface area contributed by atoms with Crippen LogP contribution in [0.4, 0.5) is 5.69 Å². The molecule has 0 atom stereocenters. The van der Waals surface area contributed by atoms with E-state index in [0.717, 1.165) is 10.1 Å². The van der Waals surface area contributed by atoms with Gasteiger partial charge in [0, 0.05) is 26.5 Å². The molecule has 1 aromatic heterocycles. The Bertz CT molecular complexity index is 950. The number of hydrogen-bond donors (Lipinski definition) is 2. The van der Waals surface area contributed by atoms with Crippen LogP contribution in [-0.4, -0.2) is 17.9 Å². The second-order valence-corrected chi connectivity index (χ2v) is 7.27. The van der Waals surface area contributed by atoms with Gasteiger partial charge in [-0.2, -0.15) is 0 Å². The highest BCUT2D eigenvalue weighted by Crippen LogP contribution is 2.27. The number of rotatable bonds is 4. The molecule has 0 fully saturated rings. The van der Waals surface area contributed by atoms with Gasteiger partial charge in [-0.1, -0.05) is 29.8 Å². The van der Waals surface area contributed by atoms with E-state index in [2.05, 4.69) is 10.6 Å². The lowest BCUT2D eigenvalue weighted by atomic mass is 10.1. The molecule has 0 saturated carbocycles. The van der Waals surface area contributed by atoms with Crippen molar-refractivity contribution in [3.63, 3.8) is 0 Å². The van der Waals surface area contributed by atoms with Crippen LogP contribution in [0, 0.1) is 0 Å². The number of amides is 2. The van der Waals surface area contributed by atoms with Gasteiger partial charge in [0.1, 0.15) is 0 Å². The second kappa shape index (κ2) is 7.25. The summed E-state index contributed by atoms with van der Waals surface area (Å²) in [6.07, 6.45) is 0. The van der Waals surface area contributed by atoms with Crippen LogP contribution in [0.2, 0.25) is 5.02 Å². The van der Waals surface area contributed by atoms with Crippen molar-refractivity contribution in [2.75, 3.05) is 5.32 Å². The third-order valence-electron chi connectivity index (χ3n) is 3.62. The summed E-state index contributed by atoms with van der Waals surface area (Å²) in [6, 6.07) is 12.5. The van der Waals surface area contributed by atoms with Crippen molar-refractivity contribution in [1.29, 1.82) is 0 Å². The van der Waals surface area contributed by atoms with E-state index < -0.39 is 0 Å². The number of halogens is 1. The highest BCUT2D eigenvalue weighted by Gasteiger charge is 2.17. The quantitative estimate of drug-likeness (QED) is 0.681. The van der Waals surface area contributed by atoms with Gasteiger partial charge in [0.25, 0.3) is 11.8 Å². The Hall–Kier alpha value is -2.37. The van der Waals surface area contributed by atoms with Crippen LogP contribution in [-0.2, 0) is 0 Å². The molecule has 0 spiro atoms. The fourth-order valence-electron chi connectivity index (χ4n) is 2.50. The number of nitrogens with one attached hydrogen (secondary N) is 2. The van der Waals surface area contributed by atoms with Crippen molar-refractivity contribution in [3.05, 3.63) is 64.0 Å². The molecule has 0 aliphatic carbocycles. The minimum atomic E-state index is -0.265. The molecule has 128 valence electrons. The van der Waals surface area contributed by atoms with E-state index in [4.69, 9.17) is 11.6 Å². The molecular weight excluding hydrogens is 356 g/mol. The smallest absolute Gasteiger partial charge is 0.257 e. The zero-order valence-corrected chi connectivity index (χ0v) is 15.4. The van der Waals surface area contributed by atoms with Crippen LogP contribution in [0.5, 0.6) is 0 Å². The zero-order valence-electron chi connectivity index (χ0n) is 13.8. The maximum absolute atomic E-state index is 12.7. The second-order valence-electron chi connectivity index (χ2n) is 5.92. The fourth-order valence-corrected chi connectivity index (χ4v) is 3.61. The van der Waals surface area contributed by atoms with Crippen LogP contribution >= 0.6 is 22.9 Å². The molecule has 0 saturated heterocycles. The van der Waals surface area contributed by atoms with Crippen molar-refractivity contribution < 1.29 is 9.59 Å². The third kappa shape index (κ3) is 3.83. The Morgan fingerprint density at radius 3 is 2.56 bits per heavy atom. The SMILES string of the molecule is CC(C)NC(=O)c1ccc(Cl)cc1NC(=O)c1csc2ccccc12. The number of fused-ring (bicyclic) bond motifs is 1. The summed E-state index contributed by atoms with van der Waals surface area (Å²) in [4.78, 5) is 25.1. The molecule has 2 amide bonds. The van der Waals surface area contributed by atoms with E-state index in [1.165, 1.54) is 11.3 Å². The monoisotopic (exact) mass is 372 g/mol. The first-order valence-corrected chi connectivity index (χ1v) is 9.09. The van der Waals surface area contributed by atoms with Gasteiger partial charge in [-0.25, -0.2) is 0 Å². The van der Waals surface area contributed by atoms with E-state index in [-0.39, 0.29) is 17.9 Å². The first-order valence-electron chi connectivity index (χ1n) is 7.83. The van der Waals surface area contributed by atoms with Gasteiger partial charge in [-0.3, -0.25) is 9.59 Å². The van der Waals surface area contributed by atoms with Crippen LogP contribution in [0.15, 0.2) is 47.8 Å². The predicted octanol–water partition coefficient (Wildman–Crippen LogP) is 4.95. The highest BCUT2D eigenvalue weighted by molar-refractivity contribution is 7.17. The molecule has 3 rings (SSSR count). The molecule has 2 N–H and O–H groups in total. The van der Waals surface area contributed by atoms with E-state index in [1.54, 1.807) is 18.2 Å². The van der Waals surface area contributed by atoms with Gasteiger partial charge < -0.3 is 10.6 Å². The van der Waals surface area contributed by atoms with Gasteiger partial charge >= 0.3 is 0 Å². The van der Waals surface area contributed by atoms with Gasteiger partial charge in [0.05, 0.1) is 16.8 Å². The summed E-state index contributed by atoms with van der Waals surface area (Å²) in [6.45, 7) is 3.76. The summed E-state index contributed by atoms with van der Waals surface area (Å²) in [7, 11) is 0. The van der Waals surface area contributed by atoms with Crippen LogP contribution in [0.25, 0.3) is 10.1 Å². The molecule has 4 nitrogen and oxygen atoms in total. The minimum Gasteiger partial charge on any atom is -0.350 e. The summed E-state index contributed by atoms with van der Waals surface area (Å²) >= 11 is 7.56. The highest BCUT2D eigenvalue weighted by atomic mass is 35.5. The molecule has 0 aliphatic rings. The normalized spacial score (nSPS) is 10.9. The van der Waals surface area contributed by atoms with Gasteiger partial charge in [-0.15, -0.1) is 11.3 Å². The first-order chi connectivity index (χ1) is 12.0. The Morgan fingerprint density at radius 1 is 1.04 bits per heavy atom. The Morgan fingerprint density at radius 2 is 1.80 bits per heavy atom. The number of thiophene rings is 1. The lowest BCUT2D eigenvalue weighted by Crippen LogP contribution is -2.31. The fraction of sp³-hybridized carbons (Fsp3) is 0.158. The maximum atomic E-state index is 12.7. The van der Waals surface area contributed by atoms with Crippen molar-refractivity contribution in [3.8, 4) is 0 Å². The molecule has 0 aliphatic heterocycles. The van der Waals surface area contributed by atoms with Crippen LogP contribution < -0.4 is 10.6 Å². The topological polar surface area (TPSA) is 58.2 Å². The zero-order chi connectivity index (χ0) is 18.0. The molecule has 2 aromatic carbocycles. The average Bonchev–Trinajstić information content (AvgIpc) is 2.98. The van der Waals surface area contributed by atoms with Crippen molar-refractivity contribution in [2.24, 2.45) is 0 Å². The number of carbonyl (C=O) groups excluding carboxylic acids is 2. The predicted molar refractivity (Wildman–Crippen MR) is 104 cm³/mol. The molecule has 3 aromatic rings. The largest absolute Gasteiger partial charge is 0.350 e. The molecule has 0 radical (unpaired) electrons. The van der Waals surface area contributed by atoms with Gasteiger partial charge in [0.15, 0.2) is 0 Å². The summed E-state index contributed by atoms with van der Waals surface area (Å²) in [5.41, 5.74) is 1.35. The third-order valence-corrected chi connectivity index (χ3v) is 4.82. The minimum absolute atomic E-state index is 0.00690. The summed E-state index contributed by atoms with van der Waals surface area (Å²) < 4.78 is 1.04. The van der Waals surface area contributed by atoms with Crippen molar-refractivity contribution in [2.45, 2.75) is 19.9 Å². The molecule has 25 heavy (non-hydrogen) atoms. The van der Waals surface area contributed by atoms with Crippen molar-refractivity contribution >= 4 is 50.5 Å². The average molecular weight is 373 g/mol. The molecule has 6 heteroatoms. The number of benzene rings is 2. The standard InChI is InChI=1S/C19H17ClN2O2S/c1-11(2)21-18(23)14-8-7-12(20)9-16(14)22-19(24)15-10-25-17-6-4-3-5-13(15)17/h3-11H,1-2H3,(H,21,23)(H,22,24). The van der Waals surface area contributed by atoms with E-state index in [1.807, 2.05) is 43.5 Å². The molecule has 0 unspecified atom stereocenters. The van der Waals surface area contributed by atoms with Gasteiger partial charge in [0.2, 0.25) is 0 Å². The maximum Gasteiger partial charge on any atom is 0.257 e. The van der Waals surface area contributed by atoms with Crippen LogP contribution in [0.3, 0.4) is 0 Å². The van der Waals surface area contributed by atoms with E-state index >= 15 is 0 Å². The van der Waals surface area contributed by atoms with Gasteiger partial charge in [-0.05, 0) is 38.1 Å². The number of carbonyl (C=O) groups is 2. The Balaban J connectivity index is 1.93. The molecule has 1 heterocycles. The lowest BCUT2D eigenvalue weighted by molar-refractivity contribution is 0.0944. The number of anilines is 1. The lowest BCUT2D eigenvalue weighted by Gasteiger charge is -2.13. The van der Waals surface area contributed by atoms with E-state index in [9.17, 15) is 9.59 Å².